The van der Waals surface area contributed by atoms with E-state index in [9.17, 15) is 4.79 Å². The number of carbonyl (C=O) groups excluding carboxylic acids is 1. The molecule has 1 aliphatic rings. The molecule has 0 bridgehead atoms. The third kappa shape index (κ3) is 4.95. The zero-order chi connectivity index (χ0) is 23.2. The minimum absolute atomic E-state index is 0.0559. The third-order valence-electron chi connectivity index (χ3n) is 5.29. The summed E-state index contributed by atoms with van der Waals surface area (Å²) in [6.45, 7) is 6.53. The largest absolute Gasteiger partial charge is 0.494 e. The molecule has 0 saturated carbocycles. The predicted molar refractivity (Wildman–Crippen MR) is 130 cm³/mol. The topological polar surface area (TPSA) is 77.4 Å². The van der Waals surface area contributed by atoms with Gasteiger partial charge in [0, 0.05) is 23.3 Å². The van der Waals surface area contributed by atoms with Crippen molar-refractivity contribution in [2.45, 2.75) is 51.4 Å². The van der Waals surface area contributed by atoms with Gasteiger partial charge in [0.05, 0.1) is 12.3 Å². The van der Waals surface area contributed by atoms with E-state index >= 15 is 0 Å². The van der Waals surface area contributed by atoms with Crippen LogP contribution in [0.1, 0.15) is 51.8 Å². The van der Waals surface area contributed by atoms with Crippen LogP contribution in [0.2, 0.25) is 0 Å². The molecule has 1 atom stereocenters. The summed E-state index contributed by atoms with van der Waals surface area (Å²) in [5, 5.41) is 9.37. The number of rotatable bonds is 8. The van der Waals surface area contributed by atoms with Crippen molar-refractivity contribution in [2.24, 2.45) is 0 Å². The highest BCUT2D eigenvalue weighted by Gasteiger charge is 2.35. The molecule has 172 valence electrons. The van der Waals surface area contributed by atoms with Crippen molar-refractivity contribution in [1.29, 1.82) is 0 Å². The van der Waals surface area contributed by atoms with Gasteiger partial charge in [-0.25, -0.2) is 0 Å². The van der Waals surface area contributed by atoms with Gasteiger partial charge >= 0.3 is 0 Å². The number of ether oxygens (including phenoxy) is 2. The van der Waals surface area contributed by atoms with Gasteiger partial charge in [0.2, 0.25) is 23.2 Å². The van der Waals surface area contributed by atoms with Crippen molar-refractivity contribution in [1.82, 2.24) is 15.2 Å². The van der Waals surface area contributed by atoms with Crippen molar-refractivity contribution in [3.05, 3.63) is 54.1 Å². The summed E-state index contributed by atoms with van der Waals surface area (Å²) >= 11 is 1.56. The number of fused-ring (bicyclic) bond motifs is 3. The summed E-state index contributed by atoms with van der Waals surface area (Å²) in [6, 6.07) is 15.3. The molecule has 7 nitrogen and oxygen atoms in total. The van der Waals surface area contributed by atoms with Crippen molar-refractivity contribution in [3.63, 3.8) is 0 Å². The molecule has 4 rings (SSSR count). The van der Waals surface area contributed by atoms with E-state index in [2.05, 4.69) is 17.1 Å². The van der Waals surface area contributed by atoms with Gasteiger partial charge in [-0.3, -0.25) is 9.69 Å². The highest BCUT2D eigenvalue weighted by atomic mass is 32.2. The third-order valence-corrected chi connectivity index (χ3v) is 6.21. The van der Waals surface area contributed by atoms with Crippen LogP contribution in [-0.2, 0) is 4.79 Å². The van der Waals surface area contributed by atoms with Gasteiger partial charge in [0.25, 0.3) is 0 Å². The van der Waals surface area contributed by atoms with Crippen LogP contribution in [0, 0.1) is 0 Å². The van der Waals surface area contributed by atoms with Gasteiger partial charge in [-0.15, -0.1) is 10.2 Å². The van der Waals surface area contributed by atoms with Gasteiger partial charge in [-0.2, -0.15) is 4.98 Å². The molecule has 0 saturated heterocycles. The molecule has 0 radical (unpaired) electrons. The van der Waals surface area contributed by atoms with Crippen LogP contribution >= 0.6 is 11.8 Å². The Hall–Kier alpha value is -3.13. The summed E-state index contributed by atoms with van der Waals surface area (Å²) in [5.74, 6) is 2.00. The minimum atomic E-state index is -0.694. The maximum Gasteiger partial charge on any atom is 0.247 e. The Bertz CT molecular complexity index is 1110. The average molecular weight is 465 g/mol. The number of hydrogen-bond acceptors (Lipinski definition) is 7. The SMILES string of the molecule is CCCCSc1nnc2c(n1)OC(c1ccc(OCC)cc1)N(C(=O)CC)c1ccccc1-2. The number of amides is 1. The van der Waals surface area contributed by atoms with Gasteiger partial charge < -0.3 is 9.47 Å². The van der Waals surface area contributed by atoms with Crippen LogP contribution in [0.15, 0.2) is 53.7 Å². The Morgan fingerprint density at radius 1 is 1.09 bits per heavy atom. The Balaban J connectivity index is 1.82. The number of carbonyl (C=O) groups is 1. The Kier molecular flexibility index (Phi) is 7.44. The first-order valence-electron chi connectivity index (χ1n) is 11.3. The van der Waals surface area contributed by atoms with Gasteiger partial charge in [0.15, 0.2) is 5.69 Å². The van der Waals surface area contributed by atoms with Crippen LogP contribution in [0.5, 0.6) is 11.6 Å². The first kappa shape index (κ1) is 23.0. The van der Waals surface area contributed by atoms with E-state index in [1.807, 2.05) is 62.4 Å². The van der Waals surface area contributed by atoms with E-state index in [0.29, 0.717) is 29.8 Å². The smallest absolute Gasteiger partial charge is 0.247 e. The molecule has 0 spiro atoms. The molecule has 0 aliphatic carbocycles. The second-order valence-corrected chi connectivity index (χ2v) is 8.62. The normalized spacial score (nSPS) is 14.6. The summed E-state index contributed by atoms with van der Waals surface area (Å²) in [7, 11) is 0. The highest BCUT2D eigenvalue weighted by molar-refractivity contribution is 7.99. The molecule has 0 fully saturated rings. The molecular weight excluding hydrogens is 436 g/mol. The Morgan fingerprint density at radius 2 is 1.88 bits per heavy atom. The lowest BCUT2D eigenvalue weighted by molar-refractivity contribution is -0.120. The lowest BCUT2D eigenvalue weighted by Gasteiger charge is -2.30. The zero-order valence-electron chi connectivity index (χ0n) is 19.2. The van der Waals surface area contributed by atoms with Crippen LogP contribution in [0.25, 0.3) is 11.3 Å². The number of benzene rings is 2. The fourth-order valence-electron chi connectivity index (χ4n) is 3.63. The Morgan fingerprint density at radius 3 is 2.61 bits per heavy atom. The second kappa shape index (κ2) is 10.7. The molecule has 1 amide bonds. The maximum absolute atomic E-state index is 13.2. The summed E-state index contributed by atoms with van der Waals surface area (Å²) in [6.07, 6.45) is 1.81. The van der Waals surface area contributed by atoms with Crippen molar-refractivity contribution < 1.29 is 14.3 Å². The van der Waals surface area contributed by atoms with Crippen LogP contribution in [0.3, 0.4) is 0 Å². The summed E-state index contributed by atoms with van der Waals surface area (Å²) in [5.41, 5.74) is 2.85. The van der Waals surface area contributed by atoms with E-state index in [-0.39, 0.29) is 5.91 Å². The molecule has 2 aromatic carbocycles. The van der Waals surface area contributed by atoms with E-state index in [0.717, 1.165) is 41.2 Å². The van der Waals surface area contributed by atoms with Crippen LogP contribution in [-0.4, -0.2) is 33.4 Å². The predicted octanol–water partition coefficient (Wildman–Crippen LogP) is 5.66. The molecular formula is C25H28N4O3S. The number of anilines is 1. The molecule has 1 aliphatic heterocycles. The highest BCUT2D eigenvalue weighted by Crippen LogP contribution is 2.43. The maximum atomic E-state index is 13.2. The number of hydrogen-bond donors (Lipinski definition) is 0. The Labute approximate surface area is 198 Å². The van der Waals surface area contributed by atoms with Crippen molar-refractivity contribution in [2.75, 3.05) is 17.3 Å². The van der Waals surface area contributed by atoms with Crippen LogP contribution in [0.4, 0.5) is 5.69 Å². The van der Waals surface area contributed by atoms with Gasteiger partial charge in [0.1, 0.15) is 5.75 Å². The number of para-hydroxylation sites is 1. The van der Waals surface area contributed by atoms with E-state index < -0.39 is 6.23 Å². The van der Waals surface area contributed by atoms with Crippen molar-refractivity contribution in [3.8, 4) is 22.9 Å². The first-order chi connectivity index (χ1) is 16.2. The second-order valence-electron chi connectivity index (χ2n) is 7.56. The molecule has 3 aromatic rings. The molecule has 8 heteroatoms. The van der Waals surface area contributed by atoms with E-state index in [1.165, 1.54) is 0 Å². The van der Waals surface area contributed by atoms with Gasteiger partial charge in [-0.1, -0.05) is 50.2 Å². The number of unbranched alkanes of at least 4 members (excludes halogenated alkanes) is 1. The monoisotopic (exact) mass is 464 g/mol. The lowest BCUT2D eigenvalue weighted by atomic mass is 10.1. The number of thioether (sulfide) groups is 1. The van der Waals surface area contributed by atoms with Crippen molar-refractivity contribution >= 4 is 23.4 Å². The fraction of sp³-hybridized carbons (Fsp3) is 0.360. The lowest BCUT2D eigenvalue weighted by Crippen LogP contribution is -2.37. The van der Waals surface area contributed by atoms with E-state index in [1.54, 1.807) is 16.7 Å². The number of nitrogens with zero attached hydrogens (tertiary/aromatic N) is 4. The fourth-order valence-corrected chi connectivity index (χ4v) is 4.50. The molecule has 2 heterocycles. The summed E-state index contributed by atoms with van der Waals surface area (Å²) in [4.78, 5) is 19.6. The first-order valence-corrected chi connectivity index (χ1v) is 12.3. The standard InChI is InChI=1S/C25H28N4O3S/c1-4-7-16-33-25-26-23-22(27-28-25)19-10-8-9-11-20(19)29(21(30)5-2)24(32-23)17-12-14-18(15-13-17)31-6-3/h8-15,24H,4-7,16H2,1-3H3. The average Bonchev–Trinajstić information content (AvgIpc) is 2.99. The van der Waals surface area contributed by atoms with Gasteiger partial charge in [-0.05, 0) is 43.7 Å². The minimum Gasteiger partial charge on any atom is -0.494 e. The quantitative estimate of drug-likeness (QED) is 0.314. The molecule has 0 N–H and O–H groups in total. The number of aromatic nitrogens is 3. The molecule has 33 heavy (non-hydrogen) atoms. The van der Waals surface area contributed by atoms with E-state index in [4.69, 9.17) is 14.5 Å². The molecule has 1 aromatic heterocycles. The summed E-state index contributed by atoms with van der Waals surface area (Å²) < 4.78 is 12.0. The molecule has 1 unspecified atom stereocenters. The van der Waals surface area contributed by atoms with Crippen LogP contribution < -0.4 is 14.4 Å². The zero-order valence-corrected chi connectivity index (χ0v) is 20.0.